The predicted octanol–water partition coefficient (Wildman–Crippen LogP) is 1.96. The summed E-state index contributed by atoms with van der Waals surface area (Å²) in [6.45, 7) is 3.47. The van der Waals surface area contributed by atoms with Gasteiger partial charge in [-0.1, -0.05) is 37.3 Å². The third-order valence-corrected chi connectivity index (χ3v) is 3.77. The van der Waals surface area contributed by atoms with E-state index in [1.54, 1.807) is 4.90 Å². The molecule has 0 N–H and O–H groups in total. The van der Waals surface area contributed by atoms with E-state index in [2.05, 4.69) is 0 Å². The molecule has 0 spiro atoms. The summed E-state index contributed by atoms with van der Waals surface area (Å²) < 4.78 is 0. The van der Waals surface area contributed by atoms with E-state index in [1.165, 1.54) is 4.90 Å². The van der Waals surface area contributed by atoms with Crippen molar-refractivity contribution in [1.29, 1.82) is 0 Å². The molecule has 3 amide bonds. The highest BCUT2D eigenvalue weighted by atomic mass is 16.2. The van der Waals surface area contributed by atoms with E-state index in [9.17, 15) is 14.4 Å². The molecule has 0 radical (unpaired) electrons. The molecule has 0 bridgehead atoms. The largest absolute Gasteiger partial charge is 0.338 e. The van der Waals surface area contributed by atoms with Crippen LogP contribution in [0.3, 0.4) is 0 Å². The zero-order valence-electron chi connectivity index (χ0n) is 13.0. The maximum Gasteiger partial charge on any atom is 0.229 e. The summed E-state index contributed by atoms with van der Waals surface area (Å²) in [6.07, 6.45) is 1.62. The minimum atomic E-state index is -0.164. The lowest BCUT2D eigenvalue weighted by Gasteiger charge is -2.23. The van der Waals surface area contributed by atoms with Crippen LogP contribution in [0.2, 0.25) is 0 Å². The van der Waals surface area contributed by atoms with E-state index in [0.717, 1.165) is 12.0 Å². The SMILES string of the molecule is CCCN(Cc1ccccc1)C(=O)CCN1C(=O)CCC1=O. The number of rotatable bonds is 7. The van der Waals surface area contributed by atoms with Crippen molar-refractivity contribution < 1.29 is 14.4 Å². The second-order valence-electron chi connectivity index (χ2n) is 5.49. The van der Waals surface area contributed by atoms with Crippen LogP contribution in [0.15, 0.2) is 30.3 Å². The zero-order chi connectivity index (χ0) is 15.9. The van der Waals surface area contributed by atoms with Gasteiger partial charge < -0.3 is 4.90 Å². The molecule has 0 atom stereocenters. The molecule has 1 aromatic carbocycles. The maximum atomic E-state index is 12.4. The predicted molar refractivity (Wildman–Crippen MR) is 82.7 cm³/mol. The Labute approximate surface area is 130 Å². The standard InChI is InChI=1S/C17H22N2O3/c1-2-11-18(13-14-6-4-3-5-7-14)15(20)10-12-19-16(21)8-9-17(19)22/h3-7H,2,8-13H2,1H3. The molecule has 1 saturated heterocycles. The average molecular weight is 302 g/mol. The summed E-state index contributed by atoms with van der Waals surface area (Å²) in [6, 6.07) is 9.82. The molecule has 5 heteroatoms. The number of nitrogens with zero attached hydrogens (tertiary/aromatic N) is 2. The Morgan fingerprint density at radius 2 is 1.77 bits per heavy atom. The van der Waals surface area contributed by atoms with Gasteiger partial charge in [0.25, 0.3) is 0 Å². The van der Waals surface area contributed by atoms with Gasteiger partial charge in [-0.3, -0.25) is 19.3 Å². The lowest BCUT2D eigenvalue weighted by molar-refractivity contribution is -0.139. The Hall–Kier alpha value is -2.17. The van der Waals surface area contributed by atoms with Gasteiger partial charge in [-0.05, 0) is 12.0 Å². The van der Waals surface area contributed by atoms with Crippen molar-refractivity contribution in [3.8, 4) is 0 Å². The van der Waals surface area contributed by atoms with Crippen molar-refractivity contribution in [2.24, 2.45) is 0 Å². The van der Waals surface area contributed by atoms with Gasteiger partial charge in [0.2, 0.25) is 17.7 Å². The fourth-order valence-electron chi connectivity index (χ4n) is 2.60. The molecule has 1 heterocycles. The Kier molecular flexibility index (Phi) is 5.69. The van der Waals surface area contributed by atoms with Crippen LogP contribution >= 0.6 is 0 Å². The summed E-state index contributed by atoms with van der Waals surface area (Å²) in [5.41, 5.74) is 1.08. The molecule has 1 aliphatic heterocycles. The van der Waals surface area contributed by atoms with Crippen molar-refractivity contribution in [2.75, 3.05) is 13.1 Å². The first-order valence-corrected chi connectivity index (χ1v) is 7.76. The number of amides is 3. The Morgan fingerprint density at radius 1 is 1.14 bits per heavy atom. The van der Waals surface area contributed by atoms with Gasteiger partial charge in [0.15, 0.2) is 0 Å². The minimum Gasteiger partial charge on any atom is -0.338 e. The van der Waals surface area contributed by atoms with E-state index in [4.69, 9.17) is 0 Å². The number of imide groups is 1. The molecule has 0 aliphatic carbocycles. The normalized spacial score (nSPS) is 14.5. The summed E-state index contributed by atoms with van der Waals surface area (Å²) in [5.74, 6) is -0.344. The van der Waals surface area contributed by atoms with Gasteiger partial charge in [-0.25, -0.2) is 0 Å². The Bertz CT molecular complexity index is 526. The molecule has 22 heavy (non-hydrogen) atoms. The van der Waals surface area contributed by atoms with Crippen LogP contribution in [0.25, 0.3) is 0 Å². The minimum absolute atomic E-state index is 0.0156. The van der Waals surface area contributed by atoms with Crippen molar-refractivity contribution in [2.45, 2.75) is 39.2 Å². The third-order valence-electron chi connectivity index (χ3n) is 3.77. The smallest absolute Gasteiger partial charge is 0.229 e. The topological polar surface area (TPSA) is 57.7 Å². The fourth-order valence-corrected chi connectivity index (χ4v) is 2.60. The van der Waals surface area contributed by atoms with Gasteiger partial charge in [0, 0.05) is 38.9 Å². The van der Waals surface area contributed by atoms with Crippen LogP contribution in [0.4, 0.5) is 0 Å². The molecule has 1 aliphatic rings. The Balaban J connectivity index is 1.92. The third kappa shape index (κ3) is 4.16. The highest BCUT2D eigenvalue weighted by molar-refractivity contribution is 6.02. The quantitative estimate of drug-likeness (QED) is 0.724. The molecule has 1 fully saturated rings. The Morgan fingerprint density at radius 3 is 2.36 bits per heavy atom. The number of likely N-dealkylation sites (tertiary alicyclic amines) is 1. The summed E-state index contributed by atoms with van der Waals surface area (Å²) in [5, 5.41) is 0. The zero-order valence-corrected chi connectivity index (χ0v) is 13.0. The number of benzene rings is 1. The van der Waals surface area contributed by atoms with Crippen LogP contribution < -0.4 is 0 Å². The molecule has 2 rings (SSSR count). The summed E-state index contributed by atoms with van der Waals surface area (Å²) in [7, 11) is 0. The molecule has 0 unspecified atom stereocenters. The number of hydrogen-bond acceptors (Lipinski definition) is 3. The summed E-state index contributed by atoms with van der Waals surface area (Å²) >= 11 is 0. The molecule has 0 aromatic heterocycles. The number of carbonyl (C=O) groups is 3. The monoisotopic (exact) mass is 302 g/mol. The van der Waals surface area contributed by atoms with E-state index >= 15 is 0 Å². The van der Waals surface area contributed by atoms with Gasteiger partial charge in [0.1, 0.15) is 0 Å². The van der Waals surface area contributed by atoms with Crippen molar-refractivity contribution in [1.82, 2.24) is 9.80 Å². The van der Waals surface area contributed by atoms with Crippen LogP contribution in [-0.2, 0) is 20.9 Å². The van der Waals surface area contributed by atoms with Crippen LogP contribution in [-0.4, -0.2) is 40.6 Å². The first-order chi connectivity index (χ1) is 10.6. The molecule has 118 valence electrons. The van der Waals surface area contributed by atoms with Crippen LogP contribution in [0, 0.1) is 0 Å². The lowest BCUT2D eigenvalue weighted by Crippen LogP contribution is -2.36. The van der Waals surface area contributed by atoms with Gasteiger partial charge in [-0.2, -0.15) is 0 Å². The highest BCUT2D eigenvalue weighted by Gasteiger charge is 2.29. The number of carbonyl (C=O) groups excluding carboxylic acids is 3. The van der Waals surface area contributed by atoms with Gasteiger partial charge >= 0.3 is 0 Å². The number of hydrogen-bond donors (Lipinski definition) is 0. The lowest BCUT2D eigenvalue weighted by atomic mass is 10.2. The second kappa shape index (κ2) is 7.73. The fraction of sp³-hybridized carbons (Fsp3) is 0.471. The second-order valence-corrected chi connectivity index (χ2v) is 5.49. The van der Waals surface area contributed by atoms with Crippen LogP contribution in [0.5, 0.6) is 0 Å². The van der Waals surface area contributed by atoms with Crippen molar-refractivity contribution in [3.05, 3.63) is 35.9 Å². The van der Waals surface area contributed by atoms with Crippen LogP contribution in [0.1, 0.15) is 38.2 Å². The van der Waals surface area contributed by atoms with Crippen molar-refractivity contribution >= 4 is 17.7 Å². The van der Waals surface area contributed by atoms with Gasteiger partial charge in [0.05, 0.1) is 0 Å². The average Bonchev–Trinajstić information content (AvgIpc) is 2.84. The van der Waals surface area contributed by atoms with E-state index in [-0.39, 0.29) is 43.5 Å². The van der Waals surface area contributed by atoms with E-state index in [1.807, 2.05) is 37.3 Å². The summed E-state index contributed by atoms with van der Waals surface area (Å²) in [4.78, 5) is 38.5. The highest BCUT2D eigenvalue weighted by Crippen LogP contribution is 2.13. The first-order valence-electron chi connectivity index (χ1n) is 7.76. The van der Waals surface area contributed by atoms with Crippen molar-refractivity contribution in [3.63, 3.8) is 0 Å². The van der Waals surface area contributed by atoms with E-state index < -0.39 is 0 Å². The molecule has 0 saturated carbocycles. The maximum absolute atomic E-state index is 12.4. The molecule has 1 aromatic rings. The molecular weight excluding hydrogens is 280 g/mol. The molecular formula is C17H22N2O3. The van der Waals surface area contributed by atoms with Gasteiger partial charge in [-0.15, -0.1) is 0 Å². The van der Waals surface area contributed by atoms with E-state index in [0.29, 0.717) is 13.1 Å². The first kappa shape index (κ1) is 16.2. The molecule has 5 nitrogen and oxygen atoms in total.